The molecule has 1 N–H and O–H groups in total. The van der Waals surface area contributed by atoms with Crippen molar-refractivity contribution >= 4 is 30.5 Å². The third kappa shape index (κ3) is 8.26. The van der Waals surface area contributed by atoms with Crippen LogP contribution in [0.2, 0.25) is 0 Å². The van der Waals surface area contributed by atoms with Gasteiger partial charge in [0, 0.05) is 38.3 Å². The summed E-state index contributed by atoms with van der Waals surface area (Å²) < 4.78 is 0. The second kappa shape index (κ2) is 13.9. The Balaban J connectivity index is 0.000000321. The molecule has 2 aromatic rings. The van der Waals surface area contributed by atoms with Crippen molar-refractivity contribution in [2.45, 2.75) is 53.0 Å². The molecule has 0 aliphatic carbocycles. The molecule has 5 heteroatoms. The lowest BCUT2D eigenvalue weighted by Crippen LogP contribution is -2.26. The van der Waals surface area contributed by atoms with Crippen molar-refractivity contribution in [1.29, 1.82) is 0 Å². The second-order valence-electron chi connectivity index (χ2n) is 8.01. The minimum atomic E-state index is 0.359. The average Bonchev–Trinajstić information content (AvgIpc) is 2.85. The van der Waals surface area contributed by atoms with E-state index in [1.54, 1.807) is 12.4 Å². The number of aromatic nitrogens is 2. The van der Waals surface area contributed by atoms with Gasteiger partial charge in [-0.25, -0.2) is 4.98 Å². The number of anilines is 1. The number of aryl methyl sites for hydroxylation is 1. The standard InChI is InChI=1S/C20H27N3.C8H9NO/c1-6-8-17-12-23-20(21-5)11-18(17)10-16(7-2)19-9-14(3)15(4)22-13-19;10-7-1-2-8-3-5-9-6-4-8/h7-15,21H,6H2,1-5H3;3-7H,1-2H2/b16-7+,17-8+,18-10-;. The Bertz CT molecular complexity index is 1100. The highest BCUT2D eigenvalue weighted by molar-refractivity contribution is 5.90. The smallest absolute Gasteiger partial charge is 0.126 e. The predicted molar refractivity (Wildman–Crippen MR) is 140 cm³/mol. The van der Waals surface area contributed by atoms with Gasteiger partial charge in [0.25, 0.3) is 0 Å². The fourth-order valence-corrected chi connectivity index (χ4v) is 3.38. The average molecular weight is 445 g/mol. The van der Waals surface area contributed by atoms with E-state index in [0.29, 0.717) is 18.4 Å². The largest absolute Gasteiger partial charge is 0.373 e. The fourth-order valence-electron chi connectivity index (χ4n) is 3.38. The van der Waals surface area contributed by atoms with E-state index >= 15 is 0 Å². The SMILES string of the molecule is C\C=C(/C=c1/cc(NC)nc/c1=C\CC)C1=CC(C)C(C)N=C1.O=CCCc1ccncc1. The van der Waals surface area contributed by atoms with Crippen LogP contribution in [0.4, 0.5) is 5.82 Å². The minimum Gasteiger partial charge on any atom is -0.373 e. The molecule has 33 heavy (non-hydrogen) atoms. The maximum Gasteiger partial charge on any atom is 0.126 e. The first-order chi connectivity index (χ1) is 16.0. The van der Waals surface area contributed by atoms with Gasteiger partial charge in [-0.15, -0.1) is 0 Å². The summed E-state index contributed by atoms with van der Waals surface area (Å²) in [6.45, 7) is 8.60. The van der Waals surface area contributed by atoms with E-state index in [2.05, 4.69) is 78.3 Å². The van der Waals surface area contributed by atoms with Gasteiger partial charge in [0.1, 0.15) is 12.1 Å². The summed E-state index contributed by atoms with van der Waals surface area (Å²) in [4.78, 5) is 22.9. The van der Waals surface area contributed by atoms with Crippen LogP contribution in [0.1, 0.15) is 46.1 Å². The Morgan fingerprint density at radius 1 is 1.18 bits per heavy atom. The van der Waals surface area contributed by atoms with Gasteiger partial charge in [-0.2, -0.15) is 0 Å². The van der Waals surface area contributed by atoms with Crippen LogP contribution in [0.15, 0.2) is 65.1 Å². The molecule has 0 radical (unpaired) electrons. The monoisotopic (exact) mass is 444 g/mol. The van der Waals surface area contributed by atoms with Crippen LogP contribution >= 0.6 is 0 Å². The molecular formula is C28H36N4O. The van der Waals surface area contributed by atoms with E-state index in [0.717, 1.165) is 24.9 Å². The normalized spacial score (nSPS) is 18.9. The molecule has 3 heterocycles. The summed E-state index contributed by atoms with van der Waals surface area (Å²) >= 11 is 0. The van der Waals surface area contributed by atoms with Crippen molar-refractivity contribution in [2.24, 2.45) is 10.9 Å². The molecule has 1 aliphatic heterocycles. The van der Waals surface area contributed by atoms with Gasteiger partial charge in [0.15, 0.2) is 0 Å². The van der Waals surface area contributed by atoms with Crippen molar-refractivity contribution < 1.29 is 4.79 Å². The number of aliphatic imine (C=N–C) groups is 1. The zero-order valence-corrected chi connectivity index (χ0v) is 20.5. The highest BCUT2D eigenvalue weighted by atomic mass is 16.1. The number of aldehydes is 1. The first kappa shape index (κ1) is 25.9. The molecule has 2 atom stereocenters. The molecule has 5 nitrogen and oxygen atoms in total. The van der Waals surface area contributed by atoms with Crippen LogP contribution in [0, 0.1) is 5.92 Å². The third-order valence-electron chi connectivity index (χ3n) is 5.56. The van der Waals surface area contributed by atoms with Crippen molar-refractivity contribution in [3.05, 3.63) is 76.1 Å². The summed E-state index contributed by atoms with van der Waals surface area (Å²) in [5.74, 6) is 1.35. The molecule has 0 spiro atoms. The molecule has 2 aromatic heterocycles. The van der Waals surface area contributed by atoms with Crippen LogP contribution in [0.3, 0.4) is 0 Å². The zero-order valence-electron chi connectivity index (χ0n) is 20.5. The Hall–Kier alpha value is -3.34. The first-order valence-electron chi connectivity index (χ1n) is 11.6. The third-order valence-corrected chi connectivity index (χ3v) is 5.56. The van der Waals surface area contributed by atoms with Gasteiger partial charge in [0.2, 0.25) is 0 Å². The van der Waals surface area contributed by atoms with Gasteiger partial charge in [-0.1, -0.05) is 32.1 Å². The molecule has 2 unspecified atom stereocenters. The number of nitrogens with zero attached hydrogens (tertiary/aromatic N) is 3. The topological polar surface area (TPSA) is 67.2 Å². The molecular weight excluding hydrogens is 408 g/mol. The molecule has 0 aromatic carbocycles. The molecule has 174 valence electrons. The van der Waals surface area contributed by atoms with Crippen LogP contribution in [-0.4, -0.2) is 35.6 Å². The first-order valence-corrected chi connectivity index (χ1v) is 11.6. The molecule has 1 aliphatic rings. The Morgan fingerprint density at radius 3 is 2.55 bits per heavy atom. The van der Waals surface area contributed by atoms with Crippen LogP contribution in [0.25, 0.3) is 12.2 Å². The van der Waals surface area contributed by atoms with E-state index in [4.69, 9.17) is 0 Å². The van der Waals surface area contributed by atoms with Gasteiger partial charge in [-0.3, -0.25) is 9.98 Å². The number of allylic oxidation sites excluding steroid dienone is 3. The Kier molecular flexibility index (Phi) is 10.9. The number of pyridine rings is 2. The summed E-state index contributed by atoms with van der Waals surface area (Å²) in [7, 11) is 1.89. The van der Waals surface area contributed by atoms with Crippen molar-refractivity contribution in [1.82, 2.24) is 9.97 Å². The molecule has 0 saturated heterocycles. The molecule has 0 fully saturated rings. The van der Waals surface area contributed by atoms with Gasteiger partial charge in [-0.05, 0) is 84.0 Å². The Morgan fingerprint density at radius 2 is 1.94 bits per heavy atom. The lowest BCUT2D eigenvalue weighted by molar-refractivity contribution is -0.107. The summed E-state index contributed by atoms with van der Waals surface area (Å²) in [5.41, 5.74) is 3.57. The van der Waals surface area contributed by atoms with Crippen molar-refractivity contribution in [3.8, 4) is 0 Å². The fraction of sp³-hybridized carbons (Fsp3) is 0.357. The van der Waals surface area contributed by atoms with Crippen LogP contribution in [-0.2, 0) is 11.2 Å². The van der Waals surface area contributed by atoms with Gasteiger partial charge >= 0.3 is 0 Å². The predicted octanol–water partition coefficient (Wildman–Crippen LogP) is 4.29. The minimum absolute atomic E-state index is 0.359. The number of rotatable bonds is 7. The van der Waals surface area contributed by atoms with E-state index in [1.807, 2.05) is 31.6 Å². The molecule has 0 saturated carbocycles. The summed E-state index contributed by atoms with van der Waals surface area (Å²) in [6.07, 6.45) is 19.7. The number of nitrogens with one attached hydrogen (secondary N) is 1. The molecule has 0 bridgehead atoms. The number of carbonyl (C=O) groups excluding carboxylic acids is 1. The number of carbonyl (C=O) groups is 1. The zero-order chi connectivity index (χ0) is 24.1. The van der Waals surface area contributed by atoms with E-state index < -0.39 is 0 Å². The highest BCUT2D eigenvalue weighted by Crippen LogP contribution is 2.21. The van der Waals surface area contributed by atoms with E-state index in [1.165, 1.54) is 27.1 Å². The van der Waals surface area contributed by atoms with E-state index in [-0.39, 0.29) is 0 Å². The lowest BCUT2D eigenvalue weighted by atomic mass is 9.94. The quantitative estimate of drug-likeness (QED) is 0.647. The summed E-state index contributed by atoms with van der Waals surface area (Å²) in [6, 6.07) is 6.29. The number of hydrogen-bond acceptors (Lipinski definition) is 5. The molecule has 3 rings (SSSR count). The van der Waals surface area contributed by atoms with Crippen molar-refractivity contribution in [2.75, 3.05) is 12.4 Å². The maximum atomic E-state index is 9.96. The van der Waals surface area contributed by atoms with Crippen LogP contribution in [0.5, 0.6) is 0 Å². The summed E-state index contributed by atoms with van der Waals surface area (Å²) in [5, 5.41) is 5.46. The lowest BCUT2D eigenvalue weighted by Gasteiger charge is -2.19. The highest BCUT2D eigenvalue weighted by Gasteiger charge is 2.14. The Labute approximate surface area is 197 Å². The van der Waals surface area contributed by atoms with Gasteiger partial charge in [0.05, 0.1) is 6.04 Å². The molecule has 0 amide bonds. The maximum absolute atomic E-state index is 9.96. The van der Waals surface area contributed by atoms with Crippen molar-refractivity contribution in [3.63, 3.8) is 0 Å². The van der Waals surface area contributed by atoms with E-state index in [9.17, 15) is 4.79 Å². The second-order valence-corrected chi connectivity index (χ2v) is 8.01. The van der Waals surface area contributed by atoms with Gasteiger partial charge < -0.3 is 10.1 Å². The number of dihydropyridines is 1. The number of hydrogen-bond donors (Lipinski definition) is 1. The van der Waals surface area contributed by atoms with Crippen LogP contribution < -0.4 is 15.8 Å².